The highest BCUT2D eigenvalue weighted by Gasteiger charge is 2.37. The fourth-order valence-electron chi connectivity index (χ4n) is 2.56. The lowest BCUT2D eigenvalue weighted by Gasteiger charge is -2.22. The van der Waals surface area contributed by atoms with E-state index in [-0.39, 0.29) is 0 Å². The van der Waals surface area contributed by atoms with Crippen molar-refractivity contribution in [3.8, 4) is 0 Å². The number of halogens is 1. The molecule has 0 amide bonds. The second kappa shape index (κ2) is 4.23. The predicted molar refractivity (Wildman–Crippen MR) is 71.7 cm³/mol. The zero-order valence-corrected chi connectivity index (χ0v) is 11.1. The van der Waals surface area contributed by atoms with Crippen LogP contribution in [-0.2, 0) is 16.8 Å². The molecule has 1 fully saturated rings. The van der Waals surface area contributed by atoms with Gasteiger partial charge in [-0.2, -0.15) is 0 Å². The lowest BCUT2D eigenvalue weighted by molar-refractivity contribution is 0.175. The second-order valence-corrected chi connectivity index (χ2v) is 5.21. The molecular formula is C13H16ClN3O. The maximum Gasteiger partial charge on any atom is 0.132 e. The molecule has 1 aliphatic heterocycles. The molecule has 1 aliphatic rings. The third-order valence-electron chi connectivity index (χ3n) is 3.52. The minimum Gasteiger partial charge on any atom is -0.379 e. The molecular weight excluding hydrogens is 250 g/mol. The molecule has 18 heavy (non-hydrogen) atoms. The highest BCUT2D eigenvalue weighted by atomic mass is 35.5. The summed E-state index contributed by atoms with van der Waals surface area (Å²) in [5, 5.41) is 0.698. The smallest absolute Gasteiger partial charge is 0.132 e. The maximum atomic E-state index is 6.42. The minimum atomic E-state index is -0.471. The van der Waals surface area contributed by atoms with Crippen molar-refractivity contribution in [3.05, 3.63) is 29.0 Å². The Bertz CT molecular complexity index is 587. The number of imidazole rings is 1. The van der Waals surface area contributed by atoms with Crippen LogP contribution >= 0.6 is 11.6 Å². The Labute approximate surface area is 111 Å². The Hall–Kier alpha value is -1.10. The minimum absolute atomic E-state index is 0.471. The monoisotopic (exact) mass is 265 g/mol. The highest BCUT2D eigenvalue weighted by molar-refractivity contribution is 6.31. The van der Waals surface area contributed by atoms with E-state index in [0.717, 1.165) is 29.8 Å². The number of ether oxygens (including phenoxy) is 1. The van der Waals surface area contributed by atoms with Crippen LogP contribution < -0.4 is 5.73 Å². The van der Waals surface area contributed by atoms with Crippen molar-refractivity contribution >= 4 is 22.6 Å². The Morgan fingerprint density at radius 2 is 2.39 bits per heavy atom. The third kappa shape index (κ3) is 1.72. The van der Waals surface area contributed by atoms with Crippen LogP contribution in [0.15, 0.2) is 18.2 Å². The van der Waals surface area contributed by atoms with Gasteiger partial charge in [0.25, 0.3) is 0 Å². The van der Waals surface area contributed by atoms with Crippen molar-refractivity contribution in [2.75, 3.05) is 13.2 Å². The van der Waals surface area contributed by atoms with Crippen molar-refractivity contribution in [2.24, 2.45) is 5.73 Å². The molecule has 0 bridgehead atoms. The first-order chi connectivity index (χ1) is 8.64. The molecule has 1 saturated heterocycles. The van der Waals surface area contributed by atoms with E-state index in [4.69, 9.17) is 22.1 Å². The van der Waals surface area contributed by atoms with Gasteiger partial charge in [-0.1, -0.05) is 11.6 Å². The fourth-order valence-corrected chi connectivity index (χ4v) is 2.73. The van der Waals surface area contributed by atoms with Crippen molar-refractivity contribution in [3.63, 3.8) is 0 Å². The first-order valence-electron chi connectivity index (χ1n) is 6.17. The van der Waals surface area contributed by atoms with Crippen LogP contribution in [0.3, 0.4) is 0 Å². The number of aryl methyl sites for hydroxylation is 1. The molecule has 1 unspecified atom stereocenters. The average Bonchev–Trinajstić information content (AvgIpc) is 2.93. The Morgan fingerprint density at radius 3 is 3.06 bits per heavy atom. The summed E-state index contributed by atoms with van der Waals surface area (Å²) in [7, 11) is 0. The molecule has 2 heterocycles. The molecule has 1 aromatic heterocycles. The first-order valence-corrected chi connectivity index (χ1v) is 6.55. The van der Waals surface area contributed by atoms with Crippen LogP contribution in [0.25, 0.3) is 11.0 Å². The Morgan fingerprint density at radius 1 is 1.56 bits per heavy atom. The maximum absolute atomic E-state index is 6.42. The number of nitrogens with two attached hydrogens (primary N) is 1. The van der Waals surface area contributed by atoms with Gasteiger partial charge in [-0.15, -0.1) is 0 Å². The molecule has 1 aromatic carbocycles. The number of benzene rings is 1. The van der Waals surface area contributed by atoms with E-state index in [1.165, 1.54) is 0 Å². The van der Waals surface area contributed by atoms with Gasteiger partial charge in [-0.3, -0.25) is 0 Å². The zero-order valence-electron chi connectivity index (χ0n) is 10.3. The van der Waals surface area contributed by atoms with Crippen molar-refractivity contribution in [1.82, 2.24) is 9.55 Å². The number of hydrogen-bond donors (Lipinski definition) is 1. The van der Waals surface area contributed by atoms with E-state index in [0.29, 0.717) is 18.2 Å². The molecule has 96 valence electrons. The number of fused-ring (bicyclic) bond motifs is 1. The first kappa shape index (κ1) is 12.0. The van der Waals surface area contributed by atoms with Gasteiger partial charge in [0.15, 0.2) is 0 Å². The van der Waals surface area contributed by atoms with Crippen LogP contribution in [-0.4, -0.2) is 22.8 Å². The van der Waals surface area contributed by atoms with Crippen LogP contribution in [0.1, 0.15) is 19.2 Å². The summed E-state index contributed by atoms with van der Waals surface area (Å²) < 4.78 is 7.58. The zero-order chi connectivity index (χ0) is 12.8. The fraction of sp³-hybridized carbons (Fsp3) is 0.462. The Balaban J connectivity index is 2.22. The highest BCUT2D eigenvalue weighted by Crippen LogP contribution is 2.30. The number of hydrogen-bond acceptors (Lipinski definition) is 3. The van der Waals surface area contributed by atoms with E-state index in [2.05, 4.69) is 16.5 Å². The summed E-state index contributed by atoms with van der Waals surface area (Å²) >= 11 is 6.01. The van der Waals surface area contributed by atoms with Gasteiger partial charge in [-0.05, 0) is 31.5 Å². The SMILES string of the molecule is CCn1c(C2(N)CCOC2)nc2cc(Cl)ccc21. The number of rotatable bonds is 2. The topological polar surface area (TPSA) is 53.1 Å². The molecule has 0 aliphatic carbocycles. The second-order valence-electron chi connectivity index (χ2n) is 4.77. The van der Waals surface area contributed by atoms with Crippen LogP contribution in [0, 0.1) is 0 Å². The van der Waals surface area contributed by atoms with Gasteiger partial charge in [0.1, 0.15) is 11.4 Å². The summed E-state index contributed by atoms with van der Waals surface area (Å²) in [6.45, 7) is 4.17. The van der Waals surface area contributed by atoms with Gasteiger partial charge in [0.05, 0.1) is 17.6 Å². The van der Waals surface area contributed by atoms with Gasteiger partial charge in [-0.25, -0.2) is 4.98 Å². The van der Waals surface area contributed by atoms with Gasteiger partial charge in [0, 0.05) is 18.2 Å². The lowest BCUT2D eigenvalue weighted by Crippen LogP contribution is -2.40. The molecule has 0 spiro atoms. The van der Waals surface area contributed by atoms with E-state index in [1.54, 1.807) is 0 Å². The molecule has 2 aromatic rings. The van der Waals surface area contributed by atoms with Crippen LogP contribution in [0.5, 0.6) is 0 Å². The summed E-state index contributed by atoms with van der Waals surface area (Å²) in [4.78, 5) is 4.67. The summed E-state index contributed by atoms with van der Waals surface area (Å²) in [5.74, 6) is 0.903. The molecule has 0 saturated carbocycles. The largest absolute Gasteiger partial charge is 0.379 e. The number of nitrogens with zero attached hydrogens (tertiary/aromatic N) is 2. The van der Waals surface area contributed by atoms with Gasteiger partial charge < -0.3 is 15.0 Å². The molecule has 1 atom stereocenters. The van der Waals surface area contributed by atoms with Crippen molar-refractivity contribution in [1.29, 1.82) is 0 Å². The van der Waals surface area contributed by atoms with Crippen LogP contribution in [0.2, 0.25) is 5.02 Å². The summed E-state index contributed by atoms with van der Waals surface area (Å²) in [6.07, 6.45) is 0.810. The number of aromatic nitrogens is 2. The van der Waals surface area contributed by atoms with E-state index >= 15 is 0 Å². The predicted octanol–water partition coefficient (Wildman–Crippen LogP) is 2.28. The summed E-state index contributed by atoms with van der Waals surface area (Å²) in [6, 6.07) is 5.76. The Kier molecular flexibility index (Phi) is 2.81. The van der Waals surface area contributed by atoms with E-state index < -0.39 is 5.54 Å². The third-order valence-corrected chi connectivity index (χ3v) is 3.76. The van der Waals surface area contributed by atoms with Crippen molar-refractivity contribution in [2.45, 2.75) is 25.4 Å². The molecule has 2 N–H and O–H groups in total. The molecule has 3 rings (SSSR count). The van der Waals surface area contributed by atoms with E-state index in [1.807, 2.05) is 18.2 Å². The van der Waals surface area contributed by atoms with Crippen LogP contribution in [0.4, 0.5) is 0 Å². The van der Waals surface area contributed by atoms with E-state index in [9.17, 15) is 0 Å². The molecule has 0 radical (unpaired) electrons. The van der Waals surface area contributed by atoms with Gasteiger partial charge in [0.2, 0.25) is 0 Å². The standard InChI is InChI=1S/C13H16ClN3O/c1-2-17-11-4-3-9(14)7-10(11)16-12(17)13(15)5-6-18-8-13/h3-4,7H,2,5-6,8,15H2,1H3. The lowest BCUT2D eigenvalue weighted by atomic mass is 9.99. The quantitative estimate of drug-likeness (QED) is 0.906. The summed E-state index contributed by atoms with van der Waals surface area (Å²) in [5.41, 5.74) is 7.92. The molecule has 4 nitrogen and oxygen atoms in total. The molecule has 5 heteroatoms. The normalized spacial score (nSPS) is 23.9. The van der Waals surface area contributed by atoms with Gasteiger partial charge >= 0.3 is 0 Å². The van der Waals surface area contributed by atoms with Crippen molar-refractivity contribution < 1.29 is 4.74 Å². The average molecular weight is 266 g/mol.